The molecule has 0 radical (unpaired) electrons. The van der Waals surface area contributed by atoms with Gasteiger partial charge >= 0.3 is 5.97 Å². The Morgan fingerprint density at radius 2 is 1.80 bits per heavy atom. The zero-order valence-electron chi connectivity index (χ0n) is 14.0. The minimum Gasteiger partial charge on any atom is -0.481 e. The van der Waals surface area contributed by atoms with Crippen molar-refractivity contribution in [2.24, 2.45) is 0 Å². The molecule has 0 bridgehead atoms. The van der Waals surface area contributed by atoms with Gasteiger partial charge in [-0.3, -0.25) is 9.59 Å². The van der Waals surface area contributed by atoms with Crippen molar-refractivity contribution in [2.75, 3.05) is 0 Å². The summed E-state index contributed by atoms with van der Waals surface area (Å²) in [7, 11) is 0. The molecule has 0 saturated carbocycles. The van der Waals surface area contributed by atoms with Crippen LogP contribution in [-0.2, 0) is 11.2 Å². The summed E-state index contributed by atoms with van der Waals surface area (Å²) in [5.74, 6) is -0.899. The number of hydrogen-bond donors (Lipinski definition) is 2. The standard InChI is InChI=1S/C20H18ClNO3/c1-11(2)13-5-8-17-15(9-13)16(10-18(23)24)19(22-17)20(25)12-3-6-14(21)7-4-12/h3-9,11,22H,10H2,1-2H3,(H,23,24). The maximum atomic E-state index is 12.9. The molecule has 128 valence electrons. The molecule has 0 aliphatic heterocycles. The summed E-state index contributed by atoms with van der Waals surface area (Å²) in [6.07, 6.45) is -0.212. The molecular formula is C20H18ClNO3. The number of carboxylic acid groups (broad SMARTS) is 1. The van der Waals surface area contributed by atoms with E-state index < -0.39 is 5.97 Å². The fraction of sp³-hybridized carbons (Fsp3) is 0.200. The van der Waals surface area contributed by atoms with Crippen molar-refractivity contribution in [2.45, 2.75) is 26.2 Å². The van der Waals surface area contributed by atoms with Crippen LogP contribution in [0.3, 0.4) is 0 Å². The molecule has 0 amide bonds. The molecule has 0 atom stereocenters. The lowest BCUT2D eigenvalue weighted by Gasteiger charge is -2.06. The number of carbonyl (C=O) groups excluding carboxylic acids is 1. The number of rotatable bonds is 5. The number of nitrogens with one attached hydrogen (secondary N) is 1. The third kappa shape index (κ3) is 3.44. The molecule has 3 aromatic rings. The number of benzene rings is 2. The van der Waals surface area contributed by atoms with Crippen LogP contribution in [0.2, 0.25) is 5.02 Å². The Morgan fingerprint density at radius 3 is 2.40 bits per heavy atom. The van der Waals surface area contributed by atoms with E-state index in [1.54, 1.807) is 24.3 Å². The van der Waals surface area contributed by atoms with Gasteiger partial charge in [0.25, 0.3) is 0 Å². The van der Waals surface area contributed by atoms with E-state index in [4.69, 9.17) is 11.6 Å². The average molecular weight is 356 g/mol. The van der Waals surface area contributed by atoms with Gasteiger partial charge in [0, 0.05) is 27.1 Å². The Balaban J connectivity index is 2.17. The topological polar surface area (TPSA) is 70.2 Å². The molecule has 1 aromatic heterocycles. The van der Waals surface area contributed by atoms with Gasteiger partial charge in [-0.15, -0.1) is 0 Å². The summed E-state index contributed by atoms with van der Waals surface area (Å²) >= 11 is 5.88. The van der Waals surface area contributed by atoms with Crippen molar-refractivity contribution in [3.8, 4) is 0 Å². The first-order valence-corrected chi connectivity index (χ1v) is 8.41. The highest BCUT2D eigenvalue weighted by Crippen LogP contribution is 2.28. The minimum atomic E-state index is -0.971. The average Bonchev–Trinajstić information content (AvgIpc) is 2.92. The van der Waals surface area contributed by atoms with Crippen molar-refractivity contribution < 1.29 is 14.7 Å². The van der Waals surface area contributed by atoms with E-state index >= 15 is 0 Å². The zero-order chi connectivity index (χ0) is 18.1. The van der Waals surface area contributed by atoms with Crippen LogP contribution in [0.4, 0.5) is 0 Å². The quantitative estimate of drug-likeness (QED) is 0.645. The second-order valence-electron chi connectivity index (χ2n) is 6.34. The maximum absolute atomic E-state index is 12.9. The monoisotopic (exact) mass is 355 g/mol. The molecule has 1 heterocycles. The summed E-state index contributed by atoms with van der Waals surface area (Å²) < 4.78 is 0. The van der Waals surface area contributed by atoms with Gasteiger partial charge in [0.05, 0.1) is 12.1 Å². The van der Waals surface area contributed by atoms with Crippen molar-refractivity contribution in [3.05, 3.63) is 69.9 Å². The van der Waals surface area contributed by atoms with Gasteiger partial charge in [0.2, 0.25) is 5.78 Å². The molecule has 0 aliphatic rings. The van der Waals surface area contributed by atoms with Gasteiger partial charge < -0.3 is 10.1 Å². The number of aromatic nitrogens is 1. The number of carbonyl (C=O) groups is 2. The van der Waals surface area contributed by atoms with Crippen molar-refractivity contribution in [1.29, 1.82) is 0 Å². The Labute approximate surface area is 150 Å². The van der Waals surface area contributed by atoms with Crippen molar-refractivity contribution >= 4 is 34.3 Å². The zero-order valence-corrected chi connectivity index (χ0v) is 14.7. The molecule has 0 fully saturated rings. The van der Waals surface area contributed by atoms with E-state index in [0.29, 0.717) is 27.8 Å². The second-order valence-corrected chi connectivity index (χ2v) is 6.78. The summed E-state index contributed by atoms with van der Waals surface area (Å²) in [5, 5.41) is 10.6. The van der Waals surface area contributed by atoms with E-state index in [0.717, 1.165) is 16.5 Å². The van der Waals surface area contributed by atoms with E-state index in [1.165, 1.54) is 0 Å². The van der Waals surface area contributed by atoms with Crippen LogP contribution in [-0.4, -0.2) is 21.8 Å². The molecule has 0 saturated heterocycles. The molecule has 5 heteroatoms. The third-order valence-electron chi connectivity index (χ3n) is 4.26. The van der Waals surface area contributed by atoms with Gasteiger partial charge in [-0.2, -0.15) is 0 Å². The normalized spacial score (nSPS) is 11.2. The Kier molecular flexibility index (Phi) is 4.64. The fourth-order valence-electron chi connectivity index (χ4n) is 2.90. The lowest BCUT2D eigenvalue weighted by molar-refractivity contribution is -0.136. The second kappa shape index (κ2) is 6.73. The number of H-pyrrole nitrogens is 1. The predicted octanol–water partition coefficient (Wildman–Crippen LogP) is 4.80. The van der Waals surface area contributed by atoms with Crippen LogP contribution in [0.25, 0.3) is 10.9 Å². The number of aromatic amines is 1. The summed E-state index contributed by atoms with van der Waals surface area (Å²) in [4.78, 5) is 27.3. The lowest BCUT2D eigenvalue weighted by atomic mass is 9.97. The highest BCUT2D eigenvalue weighted by atomic mass is 35.5. The smallest absolute Gasteiger partial charge is 0.307 e. The summed E-state index contributed by atoms with van der Waals surface area (Å²) in [5.41, 5.74) is 3.17. The first-order chi connectivity index (χ1) is 11.9. The van der Waals surface area contributed by atoms with Gasteiger partial charge in [0.1, 0.15) is 0 Å². The SMILES string of the molecule is CC(C)c1ccc2[nH]c(C(=O)c3ccc(Cl)cc3)c(CC(=O)O)c2c1. The molecule has 3 rings (SSSR count). The predicted molar refractivity (Wildman–Crippen MR) is 98.6 cm³/mol. The van der Waals surface area contributed by atoms with Crippen LogP contribution >= 0.6 is 11.6 Å². The van der Waals surface area contributed by atoms with Gasteiger partial charge in [-0.05, 0) is 47.9 Å². The number of hydrogen-bond acceptors (Lipinski definition) is 2. The molecule has 0 aliphatic carbocycles. The number of aliphatic carboxylic acids is 1. The van der Waals surface area contributed by atoms with Gasteiger partial charge in [0.15, 0.2) is 0 Å². The molecule has 2 aromatic carbocycles. The summed E-state index contributed by atoms with van der Waals surface area (Å²) in [6, 6.07) is 12.4. The molecule has 25 heavy (non-hydrogen) atoms. The number of carboxylic acids is 1. The Hall–Kier alpha value is -2.59. The largest absolute Gasteiger partial charge is 0.481 e. The van der Waals surface area contributed by atoms with Crippen LogP contribution in [0.15, 0.2) is 42.5 Å². The number of ketones is 1. The number of halogens is 1. The van der Waals surface area contributed by atoms with E-state index in [2.05, 4.69) is 18.8 Å². The minimum absolute atomic E-state index is 0.212. The molecule has 0 unspecified atom stereocenters. The third-order valence-corrected chi connectivity index (χ3v) is 4.51. The molecular weight excluding hydrogens is 338 g/mol. The van der Waals surface area contributed by atoms with Crippen LogP contribution < -0.4 is 0 Å². The molecule has 0 spiro atoms. The number of fused-ring (bicyclic) bond motifs is 1. The van der Waals surface area contributed by atoms with E-state index in [9.17, 15) is 14.7 Å². The highest BCUT2D eigenvalue weighted by molar-refractivity contribution is 6.30. The Bertz CT molecular complexity index is 955. The van der Waals surface area contributed by atoms with Crippen molar-refractivity contribution in [3.63, 3.8) is 0 Å². The first-order valence-electron chi connectivity index (χ1n) is 8.03. The van der Waals surface area contributed by atoms with Gasteiger partial charge in [-0.25, -0.2) is 0 Å². The van der Waals surface area contributed by atoms with Crippen molar-refractivity contribution in [1.82, 2.24) is 4.98 Å². The first kappa shape index (κ1) is 17.2. The molecule has 4 nitrogen and oxygen atoms in total. The van der Waals surface area contributed by atoms with Crippen LogP contribution in [0, 0.1) is 0 Å². The summed E-state index contributed by atoms with van der Waals surface area (Å²) in [6.45, 7) is 4.15. The lowest BCUT2D eigenvalue weighted by Crippen LogP contribution is -2.08. The highest BCUT2D eigenvalue weighted by Gasteiger charge is 2.21. The molecule has 2 N–H and O–H groups in total. The van der Waals surface area contributed by atoms with E-state index in [-0.39, 0.29) is 12.2 Å². The fourth-order valence-corrected chi connectivity index (χ4v) is 3.02. The van der Waals surface area contributed by atoms with E-state index in [1.807, 2.05) is 18.2 Å². The maximum Gasteiger partial charge on any atom is 0.307 e. The van der Waals surface area contributed by atoms with Crippen LogP contribution in [0.5, 0.6) is 0 Å². The Morgan fingerprint density at radius 1 is 1.12 bits per heavy atom. The van der Waals surface area contributed by atoms with Crippen LogP contribution in [0.1, 0.15) is 46.9 Å². The van der Waals surface area contributed by atoms with Gasteiger partial charge in [-0.1, -0.05) is 31.5 Å².